The molecule has 0 saturated carbocycles. The zero-order valence-electron chi connectivity index (χ0n) is 8.81. The van der Waals surface area contributed by atoms with Crippen LogP contribution in [0.5, 0.6) is 0 Å². The van der Waals surface area contributed by atoms with Crippen molar-refractivity contribution in [3.05, 3.63) is 30.0 Å². The van der Waals surface area contributed by atoms with Crippen LogP contribution < -0.4 is 0 Å². The molecule has 1 atom stereocenters. The number of hydrogen-bond donors (Lipinski definition) is 0. The van der Waals surface area contributed by atoms with Gasteiger partial charge in [-0.1, -0.05) is 18.2 Å². The summed E-state index contributed by atoms with van der Waals surface area (Å²) < 4.78 is 5.95. The maximum absolute atomic E-state index is 4.63. The van der Waals surface area contributed by atoms with E-state index in [4.69, 9.17) is 0 Å². The Balaban J connectivity index is 2.04. The maximum Gasteiger partial charge on any atom is 0.0664 e. The Hall–Kier alpha value is -0.930. The first kappa shape index (κ1) is 9.31. The van der Waals surface area contributed by atoms with Crippen molar-refractivity contribution in [2.75, 3.05) is 20.1 Å². The zero-order chi connectivity index (χ0) is 10.3. The first-order valence-electron chi connectivity index (χ1n) is 5.37. The molecule has 1 aromatic heterocycles. The molecule has 0 radical (unpaired) electrons. The van der Waals surface area contributed by atoms with E-state index in [0.29, 0.717) is 5.92 Å². The van der Waals surface area contributed by atoms with E-state index in [1.54, 1.807) is 11.5 Å². The highest BCUT2D eigenvalue weighted by Crippen LogP contribution is 2.32. The van der Waals surface area contributed by atoms with Crippen LogP contribution in [0.25, 0.3) is 10.1 Å². The van der Waals surface area contributed by atoms with Gasteiger partial charge in [0.05, 0.1) is 10.4 Å². The highest BCUT2D eigenvalue weighted by Gasteiger charge is 2.24. The average molecular weight is 218 g/mol. The quantitative estimate of drug-likeness (QED) is 0.731. The van der Waals surface area contributed by atoms with Crippen molar-refractivity contribution in [3.63, 3.8) is 0 Å². The minimum Gasteiger partial charge on any atom is -0.306 e. The molecule has 78 valence electrons. The topological polar surface area (TPSA) is 16.1 Å². The fourth-order valence-corrected chi connectivity index (χ4v) is 3.21. The molecule has 2 nitrogen and oxygen atoms in total. The predicted octanol–water partition coefficient (Wildman–Crippen LogP) is 2.72. The van der Waals surface area contributed by atoms with Gasteiger partial charge in [-0.25, -0.2) is 0 Å². The summed E-state index contributed by atoms with van der Waals surface area (Å²) in [6, 6.07) is 8.56. The Morgan fingerprint density at radius 3 is 3.07 bits per heavy atom. The third-order valence-electron chi connectivity index (χ3n) is 3.18. The molecule has 1 aliphatic rings. The van der Waals surface area contributed by atoms with Gasteiger partial charge in [0.1, 0.15) is 0 Å². The molecule has 1 fully saturated rings. The number of aromatic nitrogens is 1. The summed E-state index contributed by atoms with van der Waals surface area (Å²) in [7, 11) is 2.19. The van der Waals surface area contributed by atoms with E-state index >= 15 is 0 Å². The molecule has 0 unspecified atom stereocenters. The van der Waals surface area contributed by atoms with Gasteiger partial charge in [0.2, 0.25) is 0 Å². The van der Waals surface area contributed by atoms with Crippen molar-refractivity contribution in [1.82, 2.24) is 9.27 Å². The second-order valence-corrected chi connectivity index (χ2v) is 5.12. The van der Waals surface area contributed by atoms with Gasteiger partial charge < -0.3 is 4.90 Å². The lowest BCUT2D eigenvalue weighted by Crippen LogP contribution is -2.13. The third-order valence-corrected chi connectivity index (χ3v) is 4.02. The number of benzene rings is 1. The van der Waals surface area contributed by atoms with Crippen LogP contribution >= 0.6 is 11.5 Å². The summed E-state index contributed by atoms with van der Waals surface area (Å²) in [5.74, 6) is 0.645. The zero-order valence-corrected chi connectivity index (χ0v) is 9.63. The van der Waals surface area contributed by atoms with Crippen molar-refractivity contribution in [2.24, 2.45) is 0 Å². The van der Waals surface area contributed by atoms with E-state index in [1.807, 2.05) is 0 Å². The van der Waals surface area contributed by atoms with Crippen LogP contribution in [0, 0.1) is 0 Å². The van der Waals surface area contributed by atoms with Crippen LogP contribution in [-0.2, 0) is 0 Å². The van der Waals surface area contributed by atoms with Gasteiger partial charge in [-0.05, 0) is 37.6 Å². The first-order chi connectivity index (χ1) is 7.34. The molecule has 3 rings (SSSR count). The number of nitrogens with zero attached hydrogens (tertiary/aromatic N) is 2. The average Bonchev–Trinajstić information content (AvgIpc) is 2.83. The minimum atomic E-state index is 0.645. The Morgan fingerprint density at radius 2 is 2.27 bits per heavy atom. The lowest BCUT2D eigenvalue weighted by atomic mass is 10.0. The highest BCUT2D eigenvalue weighted by atomic mass is 32.1. The molecule has 1 aromatic carbocycles. The molecule has 0 bridgehead atoms. The molecule has 0 spiro atoms. The molecular formula is C12H14N2S. The predicted molar refractivity (Wildman–Crippen MR) is 64.5 cm³/mol. The monoisotopic (exact) mass is 218 g/mol. The van der Waals surface area contributed by atoms with Crippen LogP contribution in [0.3, 0.4) is 0 Å². The number of fused-ring (bicyclic) bond motifs is 1. The molecule has 15 heavy (non-hydrogen) atoms. The molecule has 0 N–H and O–H groups in total. The molecule has 1 aliphatic heterocycles. The normalized spacial score (nSPS) is 22.6. The van der Waals surface area contributed by atoms with E-state index in [9.17, 15) is 0 Å². The summed E-state index contributed by atoms with van der Waals surface area (Å²) in [5.41, 5.74) is 1.32. The van der Waals surface area contributed by atoms with Crippen LogP contribution in [0.15, 0.2) is 24.3 Å². The molecule has 0 aliphatic carbocycles. The molecule has 0 amide bonds. The second-order valence-electron chi connectivity index (χ2n) is 4.31. The van der Waals surface area contributed by atoms with E-state index in [-0.39, 0.29) is 0 Å². The Kier molecular flexibility index (Phi) is 2.22. The van der Waals surface area contributed by atoms with Gasteiger partial charge in [0, 0.05) is 17.8 Å². The standard InChI is InChI=1S/C12H14N2S/c1-14-7-6-9(8-14)12-10-4-2-3-5-11(10)15-13-12/h2-5,9H,6-8H2,1H3/t9-/m0/s1. The summed E-state index contributed by atoms with van der Waals surface area (Å²) >= 11 is 1.63. The van der Waals surface area contributed by atoms with Gasteiger partial charge in [0.15, 0.2) is 0 Å². The molecule has 2 aromatic rings. The van der Waals surface area contributed by atoms with Gasteiger partial charge in [-0.2, -0.15) is 4.37 Å². The number of likely N-dealkylation sites (tertiary alicyclic amines) is 1. The first-order valence-corrected chi connectivity index (χ1v) is 6.15. The Labute approximate surface area is 93.7 Å². The minimum absolute atomic E-state index is 0.645. The van der Waals surface area contributed by atoms with E-state index < -0.39 is 0 Å². The fourth-order valence-electron chi connectivity index (χ4n) is 2.36. The number of hydrogen-bond acceptors (Lipinski definition) is 3. The summed E-state index contributed by atoms with van der Waals surface area (Å²) in [6.07, 6.45) is 1.25. The van der Waals surface area contributed by atoms with Gasteiger partial charge in [-0.15, -0.1) is 0 Å². The molecule has 3 heteroatoms. The third kappa shape index (κ3) is 1.56. The van der Waals surface area contributed by atoms with Crippen LogP contribution in [0.4, 0.5) is 0 Å². The van der Waals surface area contributed by atoms with Crippen molar-refractivity contribution < 1.29 is 0 Å². The molecule has 1 saturated heterocycles. The number of likely N-dealkylation sites (N-methyl/N-ethyl adjacent to an activating group) is 1. The van der Waals surface area contributed by atoms with Crippen LogP contribution in [0.2, 0.25) is 0 Å². The van der Waals surface area contributed by atoms with Crippen molar-refractivity contribution in [1.29, 1.82) is 0 Å². The van der Waals surface area contributed by atoms with Gasteiger partial charge in [0.25, 0.3) is 0 Å². The largest absolute Gasteiger partial charge is 0.306 e. The van der Waals surface area contributed by atoms with Crippen LogP contribution in [-0.4, -0.2) is 29.4 Å². The van der Waals surface area contributed by atoms with Crippen molar-refractivity contribution in [3.8, 4) is 0 Å². The maximum atomic E-state index is 4.63. The lowest BCUT2D eigenvalue weighted by molar-refractivity contribution is 0.411. The SMILES string of the molecule is CN1CC[C@H](c2nsc3ccccc23)C1. The van der Waals surface area contributed by atoms with E-state index in [0.717, 1.165) is 6.54 Å². The molecule has 2 heterocycles. The van der Waals surface area contributed by atoms with Crippen molar-refractivity contribution in [2.45, 2.75) is 12.3 Å². The van der Waals surface area contributed by atoms with E-state index in [2.05, 4.69) is 40.6 Å². The second kappa shape index (κ2) is 3.58. The highest BCUT2D eigenvalue weighted by molar-refractivity contribution is 7.13. The number of rotatable bonds is 1. The summed E-state index contributed by atoms with van der Waals surface area (Å²) in [6.45, 7) is 2.37. The Bertz CT molecular complexity index is 477. The lowest BCUT2D eigenvalue weighted by Gasteiger charge is -2.07. The summed E-state index contributed by atoms with van der Waals surface area (Å²) in [5, 5.41) is 1.36. The van der Waals surface area contributed by atoms with Crippen molar-refractivity contribution >= 4 is 21.6 Å². The Morgan fingerprint density at radius 1 is 1.40 bits per heavy atom. The van der Waals surface area contributed by atoms with Gasteiger partial charge >= 0.3 is 0 Å². The fraction of sp³-hybridized carbons (Fsp3) is 0.417. The smallest absolute Gasteiger partial charge is 0.0664 e. The van der Waals surface area contributed by atoms with E-state index in [1.165, 1.54) is 28.7 Å². The van der Waals surface area contributed by atoms with Gasteiger partial charge in [-0.3, -0.25) is 0 Å². The molecular weight excluding hydrogens is 204 g/mol. The summed E-state index contributed by atoms with van der Waals surface area (Å²) in [4.78, 5) is 2.39. The van der Waals surface area contributed by atoms with Crippen LogP contribution in [0.1, 0.15) is 18.0 Å².